The number of aromatic nitrogens is 1. The van der Waals surface area contributed by atoms with Crippen LogP contribution in [0, 0.1) is 6.92 Å². The lowest BCUT2D eigenvalue weighted by molar-refractivity contribution is 0.0610. The van der Waals surface area contributed by atoms with E-state index in [-0.39, 0.29) is 11.9 Å². The molecule has 0 spiro atoms. The molecule has 1 aromatic heterocycles. The number of carbonyl (C=O) groups is 1. The standard InChI is InChI=1S/C23H29N3O/c1-18-16-22(25-13-7-3-8-14-25)24-17-20(18)21-12-6-9-15-26(21)23(27)19-10-4-2-5-11-19/h2,4-5,10-11,16-17,21H,3,6-9,12-15H2,1H3/t21-/m0/s1. The van der Waals surface area contributed by atoms with E-state index in [1.807, 2.05) is 36.5 Å². The predicted octanol–water partition coefficient (Wildman–Crippen LogP) is 4.75. The Kier molecular flexibility index (Phi) is 5.42. The number of benzene rings is 1. The molecule has 0 unspecified atom stereocenters. The fourth-order valence-corrected chi connectivity index (χ4v) is 4.44. The molecular formula is C23H29N3O. The van der Waals surface area contributed by atoms with Crippen molar-refractivity contribution in [2.75, 3.05) is 24.5 Å². The molecule has 2 fully saturated rings. The van der Waals surface area contributed by atoms with E-state index in [4.69, 9.17) is 4.98 Å². The largest absolute Gasteiger partial charge is 0.357 e. The highest BCUT2D eigenvalue weighted by Gasteiger charge is 2.30. The van der Waals surface area contributed by atoms with Gasteiger partial charge >= 0.3 is 0 Å². The van der Waals surface area contributed by atoms with Crippen LogP contribution in [0.25, 0.3) is 0 Å². The van der Waals surface area contributed by atoms with Crippen molar-refractivity contribution < 1.29 is 4.79 Å². The highest BCUT2D eigenvalue weighted by atomic mass is 16.2. The van der Waals surface area contributed by atoms with Crippen molar-refractivity contribution in [2.45, 2.75) is 51.5 Å². The average Bonchev–Trinajstić information content (AvgIpc) is 2.74. The molecule has 1 aromatic carbocycles. The van der Waals surface area contributed by atoms with Gasteiger partial charge in [0.1, 0.15) is 5.82 Å². The second-order valence-electron chi connectivity index (χ2n) is 7.82. The van der Waals surface area contributed by atoms with Gasteiger partial charge in [-0.05, 0) is 74.8 Å². The summed E-state index contributed by atoms with van der Waals surface area (Å²) in [5.74, 6) is 1.23. The zero-order chi connectivity index (χ0) is 18.6. The van der Waals surface area contributed by atoms with Gasteiger partial charge in [0, 0.05) is 31.4 Å². The molecule has 2 aliphatic rings. The number of aryl methyl sites for hydroxylation is 1. The number of carbonyl (C=O) groups excluding carboxylic acids is 1. The monoisotopic (exact) mass is 363 g/mol. The number of likely N-dealkylation sites (tertiary alicyclic amines) is 1. The minimum absolute atomic E-state index is 0.134. The van der Waals surface area contributed by atoms with Gasteiger partial charge < -0.3 is 9.80 Å². The molecule has 2 saturated heterocycles. The Balaban J connectivity index is 1.59. The van der Waals surface area contributed by atoms with Crippen LogP contribution in [0.15, 0.2) is 42.6 Å². The topological polar surface area (TPSA) is 36.4 Å². The Hall–Kier alpha value is -2.36. The van der Waals surface area contributed by atoms with E-state index >= 15 is 0 Å². The molecule has 4 nitrogen and oxygen atoms in total. The summed E-state index contributed by atoms with van der Waals surface area (Å²) in [6, 6.07) is 12.0. The second-order valence-corrected chi connectivity index (χ2v) is 7.82. The highest BCUT2D eigenvalue weighted by molar-refractivity contribution is 5.94. The van der Waals surface area contributed by atoms with Crippen molar-refractivity contribution in [3.63, 3.8) is 0 Å². The lowest BCUT2D eigenvalue weighted by Crippen LogP contribution is -2.39. The molecule has 0 saturated carbocycles. The molecule has 3 heterocycles. The van der Waals surface area contributed by atoms with Crippen LogP contribution >= 0.6 is 0 Å². The SMILES string of the molecule is Cc1cc(N2CCCCC2)ncc1[C@@H]1CCCCN1C(=O)c1ccccc1. The van der Waals surface area contributed by atoms with Gasteiger partial charge in [-0.1, -0.05) is 18.2 Å². The van der Waals surface area contributed by atoms with E-state index in [2.05, 4.69) is 22.8 Å². The van der Waals surface area contributed by atoms with Crippen LogP contribution in [0.5, 0.6) is 0 Å². The summed E-state index contributed by atoms with van der Waals surface area (Å²) in [4.78, 5) is 22.4. The van der Waals surface area contributed by atoms with Crippen molar-refractivity contribution >= 4 is 11.7 Å². The Labute approximate surface area is 162 Å². The molecule has 4 rings (SSSR count). The maximum atomic E-state index is 13.1. The zero-order valence-corrected chi connectivity index (χ0v) is 16.2. The van der Waals surface area contributed by atoms with E-state index in [0.29, 0.717) is 0 Å². The molecular weight excluding hydrogens is 334 g/mol. The molecule has 27 heavy (non-hydrogen) atoms. The number of nitrogens with zero attached hydrogens (tertiary/aromatic N) is 3. The first kappa shape index (κ1) is 18.0. The second kappa shape index (κ2) is 8.12. The van der Waals surface area contributed by atoms with Gasteiger partial charge in [0.2, 0.25) is 0 Å². The Bertz CT molecular complexity index is 783. The van der Waals surface area contributed by atoms with Gasteiger partial charge in [0.25, 0.3) is 5.91 Å². The molecule has 1 atom stereocenters. The third-order valence-electron chi connectivity index (χ3n) is 5.96. The van der Waals surface area contributed by atoms with Crippen LogP contribution in [0.1, 0.15) is 66.1 Å². The minimum atomic E-state index is 0.134. The predicted molar refractivity (Wildman–Crippen MR) is 109 cm³/mol. The highest BCUT2D eigenvalue weighted by Crippen LogP contribution is 2.34. The van der Waals surface area contributed by atoms with Crippen LogP contribution in [-0.2, 0) is 0 Å². The number of amides is 1. The van der Waals surface area contributed by atoms with Crippen molar-refractivity contribution in [1.29, 1.82) is 0 Å². The summed E-state index contributed by atoms with van der Waals surface area (Å²) in [5.41, 5.74) is 3.24. The number of rotatable bonds is 3. The molecule has 142 valence electrons. The lowest BCUT2D eigenvalue weighted by Gasteiger charge is -2.37. The fourth-order valence-electron chi connectivity index (χ4n) is 4.44. The van der Waals surface area contributed by atoms with Crippen LogP contribution < -0.4 is 4.90 Å². The normalized spacial score (nSPS) is 20.6. The summed E-state index contributed by atoms with van der Waals surface area (Å²) in [6.45, 7) is 5.21. The van der Waals surface area contributed by atoms with E-state index in [1.165, 1.54) is 30.4 Å². The quantitative estimate of drug-likeness (QED) is 0.790. The minimum Gasteiger partial charge on any atom is -0.357 e. The number of anilines is 1. The van der Waals surface area contributed by atoms with Crippen molar-refractivity contribution in [3.8, 4) is 0 Å². The molecule has 0 bridgehead atoms. The Morgan fingerprint density at radius 1 is 1.00 bits per heavy atom. The molecule has 0 N–H and O–H groups in total. The Morgan fingerprint density at radius 2 is 1.74 bits per heavy atom. The van der Waals surface area contributed by atoms with Gasteiger partial charge in [-0.25, -0.2) is 4.98 Å². The van der Waals surface area contributed by atoms with E-state index in [9.17, 15) is 4.79 Å². The van der Waals surface area contributed by atoms with Gasteiger partial charge in [0.05, 0.1) is 6.04 Å². The summed E-state index contributed by atoms with van der Waals surface area (Å²) in [7, 11) is 0. The maximum Gasteiger partial charge on any atom is 0.254 e. The molecule has 2 aromatic rings. The summed E-state index contributed by atoms with van der Waals surface area (Å²) in [6.07, 6.45) is 9.12. The van der Waals surface area contributed by atoms with Gasteiger partial charge in [0.15, 0.2) is 0 Å². The molecule has 0 aliphatic carbocycles. The lowest BCUT2D eigenvalue weighted by atomic mass is 9.92. The van der Waals surface area contributed by atoms with Crippen LogP contribution in [-0.4, -0.2) is 35.4 Å². The van der Waals surface area contributed by atoms with Crippen LogP contribution in [0.3, 0.4) is 0 Å². The summed E-state index contributed by atoms with van der Waals surface area (Å²) >= 11 is 0. The number of hydrogen-bond acceptors (Lipinski definition) is 3. The smallest absolute Gasteiger partial charge is 0.254 e. The number of hydrogen-bond donors (Lipinski definition) is 0. The number of pyridine rings is 1. The van der Waals surface area contributed by atoms with Crippen LogP contribution in [0.2, 0.25) is 0 Å². The average molecular weight is 364 g/mol. The van der Waals surface area contributed by atoms with Gasteiger partial charge in [-0.3, -0.25) is 4.79 Å². The van der Waals surface area contributed by atoms with E-state index < -0.39 is 0 Å². The third kappa shape index (κ3) is 3.85. The van der Waals surface area contributed by atoms with Crippen LogP contribution in [0.4, 0.5) is 5.82 Å². The summed E-state index contributed by atoms with van der Waals surface area (Å²) in [5, 5.41) is 0. The van der Waals surface area contributed by atoms with Crippen molar-refractivity contribution in [3.05, 3.63) is 59.3 Å². The molecule has 1 amide bonds. The fraction of sp³-hybridized carbons (Fsp3) is 0.478. The first-order valence-corrected chi connectivity index (χ1v) is 10.3. The van der Waals surface area contributed by atoms with Gasteiger partial charge in [-0.2, -0.15) is 0 Å². The first-order chi connectivity index (χ1) is 13.2. The zero-order valence-electron chi connectivity index (χ0n) is 16.2. The van der Waals surface area contributed by atoms with Gasteiger partial charge in [-0.15, -0.1) is 0 Å². The number of piperidine rings is 2. The first-order valence-electron chi connectivity index (χ1n) is 10.3. The molecule has 2 aliphatic heterocycles. The Morgan fingerprint density at radius 3 is 2.48 bits per heavy atom. The molecule has 4 heteroatoms. The van der Waals surface area contributed by atoms with E-state index in [1.54, 1.807) is 0 Å². The maximum absolute atomic E-state index is 13.1. The summed E-state index contributed by atoms with van der Waals surface area (Å²) < 4.78 is 0. The third-order valence-corrected chi connectivity index (χ3v) is 5.96. The van der Waals surface area contributed by atoms with Crippen molar-refractivity contribution in [1.82, 2.24) is 9.88 Å². The van der Waals surface area contributed by atoms with E-state index in [0.717, 1.165) is 50.3 Å². The van der Waals surface area contributed by atoms with Crippen molar-refractivity contribution in [2.24, 2.45) is 0 Å². The molecule has 0 radical (unpaired) electrons.